The zero-order valence-electron chi connectivity index (χ0n) is 13.8. The molecule has 0 aromatic heterocycles. The molecule has 0 amide bonds. The highest BCUT2D eigenvalue weighted by molar-refractivity contribution is 8.00. The van der Waals surface area contributed by atoms with Crippen LogP contribution in [0.25, 0.3) is 0 Å². The SMILES string of the molecule is Cc1c(CSC(C)(C)C)ccc(O)c1CSC(C)(C)C. The van der Waals surface area contributed by atoms with Crippen molar-refractivity contribution in [2.75, 3.05) is 0 Å². The number of aromatic hydroxyl groups is 1. The van der Waals surface area contributed by atoms with Gasteiger partial charge in [-0.05, 0) is 24.1 Å². The molecule has 0 radical (unpaired) electrons. The fraction of sp³-hybridized carbons (Fsp3) is 0.647. The highest BCUT2D eigenvalue weighted by Gasteiger charge is 2.17. The van der Waals surface area contributed by atoms with Crippen molar-refractivity contribution >= 4 is 23.5 Å². The van der Waals surface area contributed by atoms with E-state index in [0.29, 0.717) is 5.75 Å². The van der Waals surface area contributed by atoms with Crippen LogP contribution < -0.4 is 0 Å². The Morgan fingerprint density at radius 3 is 1.90 bits per heavy atom. The molecule has 3 heteroatoms. The molecule has 0 spiro atoms. The van der Waals surface area contributed by atoms with Crippen LogP contribution in [-0.2, 0) is 11.5 Å². The number of hydrogen-bond acceptors (Lipinski definition) is 3. The van der Waals surface area contributed by atoms with Gasteiger partial charge < -0.3 is 5.11 Å². The topological polar surface area (TPSA) is 20.2 Å². The monoisotopic (exact) mass is 312 g/mol. The first-order valence-electron chi connectivity index (χ1n) is 7.08. The summed E-state index contributed by atoms with van der Waals surface area (Å²) in [6.45, 7) is 15.5. The van der Waals surface area contributed by atoms with Crippen molar-refractivity contribution in [3.63, 3.8) is 0 Å². The summed E-state index contributed by atoms with van der Waals surface area (Å²) in [6, 6.07) is 3.92. The molecule has 0 saturated heterocycles. The summed E-state index contributed by atoms with van der Waals surface area (Å²) in [4.78, 5) is 0. The van der Waals surface area contributed by atoms with Crippen LogP contribution in [0.4, 0.5) is 0 Å². The maximum Gasteiger partial charge on any atom is 0.119 e. The van der Waals surface area contributed by atoms with Gasteiger partial charge in [-0.3, -0.25) is 0 Å². The van der Waals surface area contributed by atoms with E-state index in [0.717, 1.165) is 17.1 Å². The van der Waals surface area contributed by atoms with Gasteiger partial charge in [0.1, 0.15) is 5.75 Å². The fourth-order valence-corrected chi connectivity index (χ4v) is 3.56. The Balaban J connectivity index is 2.90. The van der Waals surface area contributed by atoms with Gasteiger partial charge in [-0.1, -0.05) is 47.6 Å². The summed E-state index contributed by atoms with van der Waals surface area (Å²) in [5.41, 5.74) is 3.68. The van der Waals surface area contributed by atoms with Crippen molar-refractivity contribution in [1.29, 1.82) is 0 Å². The molecule has 0 heterocycles. The van der Waals surface area contributed by atoms with Gasteiger partial charge in [0, 0.05) is 26.6 Å². The van der Waals surface area contributed by atoms with Crippen LogP contribution in [-0.4, -0.2) is 14.6 Å². The minimum Gasteiger partial charge on any atom is -0.508 e. The zero-order chi connectivity index (χ0) is 15.6. The summed E-state index contributed by atoms with van der Waals surface area (Å²) in [6.07, 6.45) is 0. The maximum atomic E-state index is 10.1. The van der Waals surface area contributed by atoms with Crippen LogP contribution in [0.5, 0.6) is 5.75 Å². The van der Waals surface area contributed by atoms with Gasteiger partial charge in [0.05, 0.1) is 0 Å². The van der Waals surface area contributed by atoms with E-state index in [1.807, 2.05) is 29.6 Å². The highest BCUT2D eigenvalue weighted by atomic mass is 32.2. The second-order valence-electron chi connectivity index (χ2n) is 7.15. The summed E-state index contributed by atoms with van der Waals surface area (Å²) < 4.78 is 0.486. The van der Waals surface area contributed by atoms with E-state index < -0.39 is 0 Å². The number of thioether (sulfide) groups is 2. The summed E-state index contributed by atoms with van der Waals surface area (Å²) in [7, 11) is 0. The maximum absolute atomic E-state index is 10.1. The molecule has 1 nitrogen and oxygen atoms in total. The molecular formula is C17H28OS2. The van der Waals surface area contributed by atoms with E-state index in [-0.39, 0.29) is 9.49 Å². The van der Waals surface area contributed by atoms with Gasteiger partial charge in [0.25, 0.3) is 0 Å². The summed E-state index contributed by atoms with van der Waals surface area (Å²) >= 11 is 3.83. The first-order valence-corrected chi connectivity index (χ1v) is 9.05. The summed E-state index contributed by atoms with van der Waals surface area (Å²) in [5.74, 6) is 2.31. The minimum atomic E-state index is 0.217. The van der Waals surface area contributed by atoms with Crippen LogP contribution in [0.15, 0.2) is 12.1 Å². The van der Waals surface area contributed by atoms with Crippen LogP contribution in [0.3, 0.4) is 0 Å². The van der Waals surface area contributed by atoms with Crippen LogP contribution in [0.2, 0.25) is 0 Å². The van der Waals surface area contributed by atoms with Crippen molar-refractivity contribution in [3.8, 4) is 5.75 Å². The normalized spacial score (nSPS) is 12.8. The average molecular weight is 313 g/mol. The number of rotatable bonds is 4. The summed E-state index contributed by atoms with van der Waals surface area (Å²) in [5, 5.41) is 10.1. The number of phenols is 1. The van der Waals surface area contributed by atoms with Gasteiger partial charge in [-0.15, -0.1) is 0 Å². The largest absolute Gasteiger partial charge is 0.508 e. The van der Waals surface area contributed by atoms with E-state index in [9.17, 15) is 5.11 Å². The van der Waals surface area contributed by atoms with E-state index >= 15 is 0 Å². The molecule has 1 aromatic carbocycles. The van der Waals surface area contributed by atoms with Crippen molar-refractivity contribution in [3.05, 3.63) is 28.8 Å². The van der Waals surface area contributed by atoms with Crippen LogP contribution in [0, 0.1) is 6.92 Å². The second kappa shape index (κ2) is 6.65. The Labute approximate surface area is 132 Å². The molecule has 0 aliphatic heterocycles. The lowest BCUT2D eigenvalue weighted by Gasteiger charge is -2.21. The lowest BCUT2D eigenvalue weighted by molar-refractivity contribution is 0.469. The third kappa shape index (κ3) is 6.01. The van der Waals surface area contributed by atoms with E-state index in [4.69, 9.17) is 0 Å². The Morgan fingerprint density at radius 2 is 1.40 bits per heavy atom. The predicted molar refractivity (Wildman–Crippen MR) is 94.9 cm³/mol. The lowest BCUT2D eigenvalue weighted by Crippen LogP contribution is -2.09. The van der Waals surface area contributed by atoms with Crippen molar-refractivity contribution < 1.29 is 5.11 Å². The zero-order valence-corrected chi connectivity index (χ0v) is 15.5. The Hall–Kier alpha value is -0.280. The van der Waals surface area contributed by atoms with Crippen molar-refractivity contribution in [2.24, 2.45) is 0 Å². The molecule has 1 rings (SSSR count). The van der Waals surface area contributed by atoms with Gasteiger partial charge >= 0.3 is 0 Å². The van der Waals surface area contributed by atoms with E-state index in [2.05, 4.69) is 54.5 Å². The molecule has 0 unspecified atom stereocenters. The van der Waals surface area contributed by atoms with E-state index in [1.54, 1.807) is 0 Å². The van der Waals surface area contributed by atoms with Gasteiger partial charge in [-0.2, -0.15) is 23.5 Å². The fourth-order valence-electron chi connectivity index (χ4n) is 1.71. The third-order valence-corrected chi connectivity index (χ3v) is 5.62. The first kappa shape index (κ1) is 17.8. The average Bonchev–Trinajstić information content (AvgIpc) is 2.25. The van der Waals surface area contributed by atoms with Crippen LogP contribution >= 0.6 is 23.5 Å². The van der Waals surface area contributed by atoms with Crippen molar-refractivity contribution in [1.82, 2.24) is 0 Å². The molecule has 0 bridgehead atoms. The first-order chi connectivity index (χ1) is 8.99. The number of hydrogen-bond donors (Lipinski definition) is 1. The lowest BCUT2D eigenvalue weighted by atomic mass is 10.0. The van der Waals surface area contributed by atoms with E-state index in [1.165, 1.54) is 11.1 Å². The number of benzene rings is 1. The molecule has 1 N–H and O–H groups in total. The van der Waals surface area contributed by atoms with Crippen molar-refractivity contribution in [2.45, 2.75) is 69.5 Å². The third-order valence-electron chi connectivity index (χ3n) is 3.00. The Bertz CT molecular complexity index is 453. The Morgan fingerprint density at radius 1 is 0.900 bits per heavy atom. The molecule has 0 fully saturated rings. The van der Waals surface area contributed by atoms with Crippen LogP contribution in [0.1, 0.15) is 58.2 Å². The quantitative estimate of drug-likeness (QED) is 0.762. The van der Waals surface area contributed by atoms with Gasteiger partial charge in [-0.25, -0.2) is 0 Å². The second-order valence-corrected chi connectivity index (χ2v) is 10.8. The predicted octanol–water partition coefficient (Wildman–Crippen LogP) is 5.76. The highest BCUT2D eigenvalue weighted by Crippen LogP contribution is 2.35. The molecule has 0 aliphatic rings. The standard InChI is InChI=1S/C17H28OS2/c1-12-13(10-19-16(2,3)4)8-9-15(18)14(12)11-20-17(5,6)7/h8-9,18H,10-11H2,1-7H3. The Kier molecular flexibility index (Phi) is 5.91. The molecular weight excluding hydrogens is 284 g/mol. The van der Waals surface area contributed by atoms with Gasteiger partial charge in [0.15, 0.2) is 0 Å². The molecule has 0 saturated carbocycles. The smallest absolute Gasteiger partial charge is 0.119 e. The molecule has 114 valence electrons. The van der Waals surface area contributed by atoms with Gasteiger partial charge in [0.2, 0.25) is 0 Å². The molecule has 1 aromatic rings. The molecule has 20 heavy (non-hydrogen) atoms. The molecule has 0 aliphatic carbocycles. The molecule has 0 atom stereocenters. The number of phenolic OH excluding ortho intramolecular Hbond substituents is 1. The minimum absolute atomic E-state index is 0.217.